The summed E-state index contributed by atoms with van der Waals surface area (Å²) in [6.45, 7) is 2.15. The number of ether oxygens (including phenoxy) is 1. The maximum atomic E-state index is 5.54. The first-order valence-corrected chi connectivity index (χ1v) is 5.82. The van der Waals surface area contributed by atoms with Gasteiger partial charge in [-0.2, -0.15) is 0 Å². The molecular formula is C9H13IO. The Morgan fingerprint density at radius 1 is 1.00 bits per heavy atom. The van der Waals surface area contributed by atoms with Gasteiger partial charge in [-0.3, -0.25) is 0 Å². The van der Waals surface area contributed by atoms with Crippen LogP contribution in [-0.4, -0.2) is 17.1 Å². The number of hydrogen-bond donors (Lipinski definition) is 0. The lowest BCUT2D eigenvalue weighted by Gasteiger charge is -2.26. The van der Waals surface area contributed by atoms with Crippen molar-refractivity contribution in [2.45, 2.75) is 16.8 Å². The van der Waals surface area contributed by atoms with Crippen molar-refractivity contribution in [3.63, 3.8) is 0 Å². The van der Waals surface area contributed by atoms with Crippen LogP contribution in [0.25, 0.3) is 0 Å². The molecule has 0 aromatic rings. The van der Waals surface area contributed by atoms with Crippen LogP contribution in [-0.2, 0) is 4.74 Å². The number of fused-ring (bicyclic) bond motifs is 5. The van der Waals surface area contributed by atoms with Crippen molar-refractivity contribution in [3.8, 4) is 0 Å². The molecule has 11 heavy (non-hydrogen) atoms. The van der Waals surface area contributed by atoms with E-state index in [1.54, 1.807) is 0 Å². The Labute approximate surface area is 81.0 Å². The van der Waals surface area contributed by atoms with Gasteiger partial charge in [0.1, 0.15) is 0 Å². The molecule has 1 heterocycles. The van der Waals surface area contributed by atoms with E-state index in [0.717, 1.165) is 40.8 Å². The summed E-state index contributed by atoms with van der Waals surface area (Å²) in [4.78, 5) is 0. The average Bonchev–Trinajstić information content (AvgIpc) is 2.52. The SMILES string of the molecule is IC1CC2CC1C1COCC21. The third-order valence-electron chi connectivity index (χ3n) is 3.89. The first-order valence-electron chi connectivity index (χ1n) is 4.58. The Kier molecular flexibility index (Phi) is 1.52. The van der Waals surface area contributed by atoms with Crippen LogP contribution in [0.5, 0.6) is 0 Å². The van der Waals surface area contributed by atoms with E-state index in [2.05, 4.69) is 22.6 Å². The highest BCUT2D eigenvalue weighted by atomic mass is 127. The third kappa shape index (κ3) is 0.857. The summed E-state index contributed by atoms with van der Waals surface area (Å²) in [5.41, 5.74) is 0. The van der Waals surface area contributed by atoms with Crippen molar-refractivity contribution in [1.29, 1.82) is 0 Å². The lowest BCUT2D eigenvalue weighted by atomic mass is 9.82. The summed E-state index contributed by atoms with van der Waals surface area (Å²) in [6.07, 6.45) is 3.00. The lowest BCUT2D eigenvalue weighted by molar-refractivity contribution is 0.164. The molecule has 62 valence electrons. The number of halogens is 1. The van der Waals surface area contributed by atoms with Crippen molar-refractivity contribution in [2.75, 3.05) is 13.2 Å². The molecule has 1 aliphatic heterocycles. The summed E-state index contributed by atoms with van der Waals surface area (Å²) < 4.78 is 6.51. The Morgan fingerprint density at radius 3 is 2.73 bits per heavy atom. The van der Waals surface area contributed by atoms with Crippen LogP contribution in [0.2, 0.25) is 0 Å². The highest BCUT2D eigenvalue weighted by Gasteiger charge is 2.53. The fraction of sp³-hybridized carbons (Fsp3) is 1.00. The molecule has 3 rings (SSSR count). The fourth-order valence-corrected chi connectivity index (χ4v) is 4.84. The zero-order valence-electron chi connectivity index (χ0n) is 6.50. The van der Waals surface area contributed by atoms with Gasteiger partial charge in [0.2, 0.25) is 0 Å². The van der Waals surface area contributed by atoms with Crippen molar-refractivity contribution in [3.05, 3.63) is 0 Å². The minimum Gasteiger partial charge on any atom is -0.381 e. The summed E-state index contributed by atoms with van der Waals surface area (Å²) in [6, 6.07) is 0. The minimum absolute atomic E-state index is 0.954. The van der Waals surface area contributed by atoms with Gasteiger partial charge in [0.15, 0.2) is 0 Å². The maximum Gasteiger partial charge on any atom is 0.0501 e. The molecule has 0 aromatic heterocycles. The van der Waals surface area contributed by atoms with Crippen molar-refractivity contribution in [1.82, 2.24) is 0 Å². The first-order chi connectivity index (χ1) is 5.36. The van der Waals surface area contributed by atoms with Crippen LogP contribution in [0, 0.1) is 23.7 Å². The van der Waals surface area contributed by atoms with Gasteiger partial charge < -0.3 is 4.74 Å². The molecular weight excluding hydrogens is 251 g/mol. The molecule has 2 heteroatoms. The zero-order chi connectivity index (χ0) is 7.42. The fourth-order valence-electron chi connectivity index (χ4n) is 3.36. The van der Waals surface area contributed by atoms with Crippen LogP contribution in [0.3, 0.4) is 0 Å². The summed E-state index contributed by atoms with van der Waals surface area (Å²) in [5, 5.41) is 0. The molecule has 0 amide bonds. The molecule has 0 spiro atoms. The molecule has 0 radical (unpaired) electrons. The van der Waals surface area contributed by atoms with Crippen LogP contribution in [0.1, 0.15) is 12.8 Å². The van der Waals surface area contributed by atoms with E-state index in [1.807, 2.05) is 0 Å². The highest BCUT2D eigenvalue weighted by molar-refractivity contribution is 14.1. The summed E-state index contributed by atoms with van der Waals surface area (Å²) in [5.74, 6) is 3.98. The average molecular weight is 264 g/mol. The highest BCUT2D eigenvalue weighted by Crippen LogP contribution is 2.56. The standard InChI is InChI=1S/C9H13IO/c10-9-2-5-1-6(9)8-4-11-3-7(5)8/h5-9H,1-4H2. The molecule has 5 unspecified atom stereocenters. The van der Waals surface area contributed by atoms with Crippen LogP contribution in [0.4, 0.5) is 0 Å². The molecule has 0 N–H and O–H groups in total. The van der Waals surface area contributed by atoms with Gasteiger partial charge in [0, 0.05) is 3.92 Å². The second kappa shape index (κ2) is 2.34. The predicted molar refractivity (Wildman–Crippen MR) is 51.8 cm³/mol. The van der Waals surface area contributed by atoms with E-state index in [0.29, 0.717) is 0 Å². The normalized spacial score (nSPS) is 60.3. The Bertz CT molecular complexity index is 182. The minimum atomic E-state index is 0.954. The van der Waals surface area contributed by atoms with Gasteiger partial charge >= 0.3 is 0 Å². The van der Waals surface area contributed by atoms with Crippen molar-refractivity contribution >= 4 is 22.6 Å². The third-order valence-corrected chi connectivity index (χ3v) is 5.33. The van der Waals surface area contributed by atoms with E-state index < -0.39 is 0 Å². The largest absolute Gasteiger partial charge is 0.381 e. The van der Waals surface area contributed by atoms with E-state index in [4.69, 9.17) is 4.74 Å². The monoisotopic (exact) mass is 264 g/mol. The molecule has 1 nitrogen and oxygen atoms in total. The second-order valence-electron chi connectivity index (χ2n) is 4.28. The molecule has 2 aliphatic carbocycles. The van der Waals surface area contributed by atoms with Gasteiger partial charge in [-0.05, 0) is 36.5 Å². The molecule has 2 bridgehead atoms. The maximum absolute atomic E-state index is 5.54. The summed E-state index contributed by atoms with van der Waals surface area (Å²) >= 11 is 2.65. The molecule has 3 aliphatic rings. The van der Waals surface area contributed by atoms with Gasteiger partial charge in [-0.25, -0.2) is 0 Å². The molecule has 2 saturated carbocycles. The van der Waals surface area contributed by atoms with Gasteiger partial charge in [-0.1, -0.05) is 22.6 Å². The molecule has 5 atom stereocenters. The molecule has 3 fully saturated rings. The topological polar surface area (TPSA) is 9.23 Å². The quantitative estimate of drug-likeness (QED) is 0.481. The van der Waals surface area contributed by atoms with E-state index >= 15 is 0 Å². The molecule has 1 saturated heterocycles. The predicted octanol–water partition coefficient (Wildman–Crippen LogP) is 2.09. The lowest BCUT2D eigenvalue weighted by Crippen LogP contribution is -2.26. The first kappa shape index (κ1) is 7.13. The number of hydrogen-bond acceptors (Lipinski definition) is 1. The van der Waals surface area contributed by atoms with Gasteiger partial charge in [-0.15, -0.1) is 0 Å². The second-order valence-corrected chi connectivity index (χ2v) is 5.88. The Hall–Kier alpha value is 0.690. The number of alkyl halides is 1. The van der Waals surface area contributed by atoms with Crippen LogP contribution in [0.15, 0.2) is 0 Å². The smallest absolute Gasteiger partial charge is 0.0501 e. The summed E-state index contributed by atoms with van der Waals surface area (Å²) in [7, 11) is 0. The van der Waals surface area contributed by atoms with E-state index in [-0.39, 0.29) is 0 Å². The zero-order valence-corrected chi connectivity index (χ0v) is 8.66. The van der Waals surface area contributed by atoms with Crippen LogP contribution < -0.4 is 0 Å². The van der Waals surface area contributed by atoms with Crippen LogP contribution >= 0.6 is 22.6 Å². The van der Waals surface area contributed by atoms with Gasteiger partial charge in [0.25, 0.3) is 0 Å². The van der Waals surface area contributed by atoms with E-state index in [9.17, 15) is 0 Å². The Morgan fingerprint density at radius 2 is 1.82 bits per heavy atom. The number of rotatable bonds is 0. The van der Waals surface area contributed by atoms with Crippen molar-refractivity contribution in [2.24, 2.45) is 23.7 Å². The van der Waals surface area contributed by atoms with E-state index in [1.165, 1.54) is 12.8 Å². The Balaban J connectivity index is 1.90. The van der Waals surface area contributed by atoms with Gasteiger partial charge in [0.05, 0.1) is 13.2 Å². The van der Waals surface area contributed by atoms with Crippen molar-refractivity contribution < 1.29 is 4.74 Å². The molecule has 0 aromatic carbocycles.